The molecule has 3 rings (SSSR count). The normalized spacial score (nSPS) is 11.9. The van der Waals surface area contributed by atoms with E-state index in [1.807, 2.05) is 6.07 Å². The Morgan fingerprint density at radius 3 is 2.38 bits per heavy atom. The molecule has 32 heavy (non-hydrogen) atoms. The van der Waals surface area contributed by atoms with Crippen LogP contribution in [0.3, 0.4) is 0 Å². The van der Waals surface area contributed by atoms with Gasteiger partial charge in [-0.25, -0.2) is 8.42 Å². The number of nitrogens with one attached hydrogen (secondary N) is 2. The number of carbonyl (C=O) groups excluding carboxylic acids is 1. The topological polar surface area (TPSA) is 95.2 Å². The van der Waals surface area contributed by atoms with E-state index in [0.29, 0.717) is 27.7 Å². The van der Waals surface area contributed by atoms with Crippen molar-refractivity contribution in [3.05, 3.63) is 76.4 Å². The van der Waals surface area contributed by atoms with Crippen LogP contribution in [0.4, 0.5) is 11.5 Å². The number of benzene rings is 2. The summed E-state index contributed by atoms with van der Waals surface area (Å²) < 4.78 is 26.1. The summed E-state index contributed by atoms with van der Waals surface area (Å²) in [6.07, 6.45) is 1.94. The van der Waals surface area contributed by atoms with E-state index in [0.717, 1.165) is 18.4 Å². The molecule has 0 aliphatic carbocycles. The molecule has 0 saturated heterocycles. The maximum Gasteiger partial charge on any atom is 0.256 e. The highest BCUT2D eigenvalue weighted by Gasteiger charge is 2.20. The number of aromatic nitrogens is 2. The summed E-state index contributed by atoms with van der Waals surface area (Å²) in [4.78, 5) is 12.6. The zero-order valence-corrected chi connectivity index (χ0v) is 20.1. The maximum atomic E-state index is 12.6. The number of nitrogens with zero attached hydrogens (tertiary/aromatic N) is 2. The first-order valence-electron chi connectivity index (χ1n) is 10.1. The largest absolute Gasteiger partial charge is 0.305 e. The summed E-state index contributed by atoms with van der Waals surface area (Å²) >= 11 is 6.20. The number of halogens is 1. The standard InChI is InChI=1S/C23H27ClN4O3S/c1-23(2,3)14-18-13-21(27-26-18)25-22(29)16-9-11-19(12-10-16)28(32(4,30)31)15-17-7-5-6-8-20(17)24/h5-13H,14-15H2,1-4H3,(H2,25,26,27,29). The zero-order chi connectivity index (χ0) is 23.5. The predicted octanol–water partition coefficient (Wildman–Crippen LogP) is 4.87. The Kier molecular flexibility index (Phi) is 6.95. The van der Waals surface area contributed by atoms with Crippen molar-refractivity contribution in [2.75, 3.05) is 15.9 Å². The van der Waals surface area contributed by atoms with Crippen molar-refractivity contribution in [1.29, 1.82) is 0 Å². The number of sulfonamides is 1. The third-order valence-corrected chi connectivity index (χ3v) is 6.19. The van der Waals surface area contributed by atoms with Crippen LogP contribution in [0.25, 0.3) is 0 Å². The number of hydrogen-bond acceptors (Lipinski definition) is 4. The van der Waals surface area contributed by atoms with Crippen LogP contribution in [0, 0.1) is 5.41 Å². The predicted molar refractivity (Wildman–Crippen MR) is 129 cm³/mol. The SMILES string of the molecule is CC(C)(C)Cc1cc(NC(=O)c2ccc(N(Cc3ccccc3Cl)S(C)(=O)=O)cc2)n[nH]1. The van der Waals surface area contributed by atoms with Gasteiger partial charge in [0.2, 0.25) is 10.0 Å². The van der Waals surface area contributed by atoms with E-state index in [1.54, 1.807) is 48.5 Å². The summed E-state index contributed by atoms with van der Waals surface area (Å²) in [5.74, 6) is 0.108. The van der Waals surface area contributed by atoms with Crippen LogP contribution in [-0.2, 0) is 23.0 Å². The third kappa shape index (κ3) is 6.34. The molecule has 1 heterocycles. The quantitative estimate of drug-likeness (QED) is 0.510. The summed E-state index contributed by atoms with van der Waals surface area (Å²) in [6, 6.07) is 15.3. The van der Waals surface area contributed by atoms with E-state index in [4.69, 9.17) is 11.6 Å². The van der Waals surface area contributed by atoms with Crippen LogP contribution in [0.2, 0.25) is 5.02 Å². The monoisotopic (exact) mass is 474 g/mol. The summed E-state index contributed by atoms with van der Waals surface area (Å²) in [5, 5.41) is 10.3. The van der Waals surface area contributed by atoms with Crippen LogP contribution in [0.1, 0.15) is 42.4 Å². The highest BCUT2D eigenvalue weighted by molar-refractivity contribution is 7.92. The molecule has 1 amide bonds. The van der Waals surface area contributed by atoms with Crippen LogP contribution >= 0.6 is 11.6 Å². The van der Waals surface area contributed by atoms with E-state index in [1.165, 1.54) is 4.31 Å². The van der Waals surface area contributed by atoms with Crippen LogP contribution < -0.4 is 9.62 Å². The minimum absolute atomic E-state index is 0.0911. The second kappa shape index (κ2) is 9.34. The lowest BCUT2D eigenvalue weighted by Gasteiger charge is -2.23. The van der Waals surface area contributed by atoms with Gasteiger partial charge in [-0.2, -0.15) is 5.10 Å². The maximum absolute atomic E-state index is 12.6. The summed E-state index contributed by atoms with van der Waals surface area (Å²) in [5.41, 5.74) is 2.55. The van der Waals surface area contributed by atoms with Crippen molar-refractivity contribution in [3.8, 4) is 0 Å². The number of aromatic amines is 1. The Morgan fingerprint density at radius 2 is 1.78 bits per heavy atom. The molecular formula is C23H27ClN4O3S. The molecule has 1 aromatic heterocycles. The van der Waals surface area contributed by atoms with Crippen molar-refractivity contribution in [2.45, 2.75) is 33.7 Å². The second-order valence-corrected chi connectivity index (χ2v) is 11.2. The lowest BCUT2D eigenvalue weighted by Crippen LogP contribution is -2.29. The van der Waals surface area contributed by atoms with Gasteiger partial charge >= 0.3 is 0 Å². The fourth-order valence-corrected chi connectivity index (χ4v) is 4.31. The molecule has 0 fully saturated rings. The van der Waals surface area contributed by atoms with E-state index in [2.05, 4.69) is 36.3 Å². The average Bonchev–Trinajstić information content (AvgIpc) is 3.11. The molecule has 0 spiro atoms. The van der Waals surface area contributed by atoms with Gasteiger partial charge in [-0.15, -0.1) is 0 Å². The molecule has 0 bridgehead atoms. The highest BCUT2D eigenvalue weighted by atomic mass is 35.5. The molecule has 0 unspecified atom stereocenters. The molecule has 170 valence electrons. The van der Waals surface area contributed by atoms with Crippen molar-refractivity contribution in [3.63, 3.8) is 0 Å². The van der Waals surface area contributed by atoms with Crippen molar-refractivity contribution >= 4 is 39.0 Å². The highest BCUT2D eigenvalue weighted by Crippen LogP contribution is 2.25. The van der Waals surface area contributed by atoms with E-state index in [-0.39, 0.29) is 17.9 Å². The zero-order valence-electron chi connectivity index (χ0n) is 18.5. The Hall–Kier alpha value is -2.84. The van der Waals surface area contributed by atoms with Gasteiger partial charge in [-0.05, 0) is 47.7 Å². The van der Waals surface area contributed by atoms with Crippen molar-refractivity contribution in [1.82, 2.24) is 10.2 Å². The summed E-state index contributed by atoms with van der Waals surface area (Å²) in [7, 11) is -3.57. The molecule has 0 aliphatic heterocycles. The van der Waals surface area contributed by atoms with Crippen LogP contribution in [-0.4, -0.2) is 30.8 Å². The first kappa shape index (κ1) is 23.8. The molecule has 3 aromatic rings. The Morgan fingerprint density at radius 1 is 1.12 bits per heavy atom. The molecule has 0 atom stereocenters. The molecule has 2 aromatic carbocycles. The molecule has 2 N–H and O–H groups in total. The minimum atomic E-state index is -3.57. The first-order chi connectivity index (χ1) is 14.9. The molecule has 9 heteroatoms. The Labute approximate surface area is 193 Å². The number of anilines is 2. The number of rotatable bonds is 7. The van der Waals surface area contributed by atoms with Crippen LogP contribution in [0.5, 0.6) is 0 Å². The van der Waals surface area contributed by atoms with Crippen molar-refractivity contribution in [2.24, 2.45) is 5.41 Å². The number of carbonyl (C=O) groups is 1. The fraction of sp³-hybridized carbons (Fsp3) is 0.304. The molecule has 7 nitrogen and oxygen atoms in total. The van der Waals surface area contributed by atoms with Gasteiger partial charge in [-0.1, -0.05) is 50.6 Å². The second-order valence-electron chi connectivity index (χ2n) is 8.88. The smallest absolute Gasteiger partial charge is 0.256 e. The number of H-pyrrole nitrogens is 1. The molecular weight excluding hydrogens is 448 g/mol. The minimum Gasteiger partial charge on any atom is -0.305 e. The average molecular weight is 475 g/mol. The first-order valence-corrected chi connectivity index (χ1v) is 12.3. The van der Waals surface area contributed by atoms with Gasteiger partial charge in [0.05, 0.1) is 18.5 Å². The van der Waals surface area contributed by atoms with Gasteiger partial charge in [0, 0.05) is 22.3 Å². The Bertz CT molecular complexity index is 1200. The van der Waals surface area contributed by atoms with Crippen LogP contribution in [0.15, 0.2) is 54.6 Å². The Balaban J connectivity index is 1.75. The molecule has 0 radical (unpaired) electrons. The fourth-order valence-electron chi connectivity index (χ4n) is 3.24. The van der Waals surface area contributed by atoms with Gasteiger partial charge in [0.25, 0.3) is 5.91 Å². The van der Waals surface area contributed by atoms with Gasteiger partial charge in [0.1, 0.15) is 0 Å². The summed E-state index contributed by atoms with van der Waals surface area (Å²) in [6.45, 7) is 6.46. The van der Waals surface area contributed by atoms with E-state index >= 15 is 0 Å². The lowest BCUT2D eigenvalue weighted by atomic mass is 9.91. The van der Waals surface area contributed by atoms with E-state index < -0.39 is 10.0 Å². The van der Waals surface area contributed by atoms with Gasteiger partial charge in [-0.3, -0.25) is 14.2 Å². The molecule has 0 aliphatic rings. The number of amides is 1. The van der Waals surface area contributed by atoms with Gasteiger partial charge < -0.3 is 5.32 Å². The van der Waals surface area contributed by atoms with Gasteiger partial charge in [0.15, 0.2) is 5.82 Å². The molecule has 0 saturated carbocycles. The van der Waals surface area contributed by atoms with Crippen molar-refractivity contribution < 1.29 is 13.2 Å². The number of hydrogen-bond donors (Lipinski definition) is 2. The lowest BCUT2D eigenvalue weighted by molar-refractivity contribution is 0.102. The van der Waals surface area contributed by atoms with E-state index in [9.17, 15) is 13.2 Å². The third-order valence-electron chi connectivity index (χ3n) is 4.68.